The topological polar surface area (TPSA) is 59.9 Å². The molecule has 3 rings (SSSR count). The van der Waals surface area contributed by atoms with E-state index in [0.717, 1.165) is 11.1 Å². The summed E-state index contributed by atoms with van der Waals surface area (Å²) < 4.78 is 0. The van der Waals surface area contributed by atoms with Gasteiger partial charge in [-0.3, -0.25) is 9.59 Å². The maximum atomic E-state index is 12.6. The molecule has 1 fully saturated rings. The molecular formula is C19H15ClN2O2. The molecule has 0 N–H and O–H groups in total. The van der Waals surface area contributed by atoms with Gasteiger partial charge in [0.1, 0.15) is 11.7 Å². The first-order valence-corrected chi connectivity index (χ1v) is 7.97. The van der Waals surface area contributed by atoms with E-state index in [4.69, 9.17) is 18.0 Å². The van der Waals surface area contributed by atoms with Gasteiger partial charge in [-0.2, -0.15) is 0 Å². The molecular weight excluding hydrogens is 324 g/mol. The Balaban J connectivity index is 2.01. The summed E-state index contributed by atoms with van der Waals surface area (Å²) in [4.78, 5) is 33.3. The number of aryl methyl sites for hydroxylation is 1. The minimum absolute atomic E-state index is 0.0717. The zero-order chi connectivity index (χ0) is 17.3. The highest BCUT2D eigenvalue weighted by Crippen LogP contribution is 2.36. The van der Waals surface area contributed by atoms with Crippen molar-refractivity contribution in [2.24, 2.45) is 5.92 Å². The number of hydrogen-bond donors (Lipinski definition) is 0. The number of aromatic nitrogens is 2. The van der Waals surface area contributed by atoms with Gasteiger partial charge in [0.25, 0.3) is 0 Å². The number of nitrogens with zero attached hydrogens (tertiary/aromatic N) is 2. The number of rotatable bonds is 3. The predicted octanol–water partition coefficient (Wildman–Crippen LogP) is 3.37. The van der Waals surface area contributed by atoms with Gasteiger partial charge < -0.3 is 0 Å². The number of hydrogen-bond acceptors (Lipinski definition) is 4. The molecule has 0 spiro atoms. The molecule has 2 atom stereocenters. The Morgan fingerprint density at radius 1 is 1.29 bits per heavy atom. The van der Waals surface area contributed by atoms with Crippen LogP contribution in [0, 0.1) is 25.2 Å². The zero-order valence-electron chi connectivity index (χ0n) is 13.1. The fourth-order valence-corrected chi connectivity index (χ4v) is 3.15. The quantitative estimate of drug-likeness (QED) is 0.636. The number of halogens is 1. The minimum atomic E-state index is -0.740. The highest BCUT2D eigenvalue weighted by atomic mass is 35.5. The monoisotopic (exact) mass is 338 g/mol. The Hall–Kier alpha value is -2.51. The fraction of sp³-hybridized carbons (Fsp3) is 0.263. The van der Waals surface area contributed by atoms with Gasteiger partial charge in [-0.05, 0) is 24.1 Å². The van der Waals surface area contributed by atoms with Crippen LogP contribution in [-0.2, 0) is 9.59 Å². The molecule has 1 saturated carbocycles. The van der Waals surface area contributed by atoms with E-state index < -0.39 is 5.92 Å². The van der Waals surface area contributed by atoms with Crippen molar-refractivity contribution in [2.45, 2.75) is 25.7 Å². The number of carbonyl (C=O) groups excluding carboxylic acids is 2. The zero-order valence-corrected chi connectivity index (χ0v) is 13.9. The summed E-state index contributed by atoms with van der Waals surface area (Å²) in [6.07, 6.45) is 8.85. The van der Waals surface area contributed by atoms with Crippen LogP contribution in [0.15, 0.2) is 30.6 Å². The summed E-state index contributed by atoms with van der Waals surface area (Å²) in [5, 5.41) is 0.448. The van der Waals surface area contributed by atoms with Gasteiger partial charge in [-0.1, -0.05) is 23.7 Å². The van der Waals surface area contributed by atoms with E-state index in [0.29, 0.717) is 22.8 Å². The third-order valence-electron chi connectivity index (χ3n) is 4.29. The van der Waals surface area contributed by atoms with Gasteiger partial charge >= 0.3 is 0 Å². The second-order valence-electron chi connectivity index (χ2n) is 5.91. The van der Waals surface area contributed by atoms with Crippen LogP contribution in [-0.4, -0.2) is 21.5 Å². The second kappa shape index (κ2) is 6.54. The SMILES string of the molecule is C#CCC1CC(=O)C(c2cc(-c3ncc(Cl)cn3)ccc2C)C1=O. The van der Waals surface area contributed by atoms with Gasteiger partial charge in [-0.25, -0.2) is 9.97 Å². The first kappa shape index (κ1) is 16.4. The van der Waals surface area contributed by atoms with Gasteiger partial charge in [0, 0.05) is 36.7 Å². The Kier molecular flexibility index (Phi) is 4.46. The van der Waals surface area contributed by atoms with E-state index in [2.05, 4.69) is 15.9 Å². The molecule has 1 heterocycles. The summed E-state index contributed by atoms with van der Waals surface area (Å²) in [7, 11) is 0. The lowest BCUT2D eigenvalue weighted by molar-refractivity contribution is -0.124. The van der Waals surface area contributed by atoms with Crippen molar-refractivity contribution >= 4 is 23.2 Å². The number of benzene rings is 1. The third kappa shape index (κ3) is 2.95. The molecule has 1 aromatic heterocycles. The third-order valence-corrected chi connectivity index (χ3v) is 4.48. The summed E-state index contributed by atoms with van der Waals surface area (Å²) in [6.45, 7) is 1.89. The molecule has 0 amide bonds. The van der Waals surface area contributed by atoms with Crippen molar-refractivity contribution in [1.82, 2.24) is 9.97 Å². The van der Waals surface area contributed by atoms with Crippen LogP contribution < -0.4 is 0 Å². The Bertz CT molecular complexity index is 853. The molecule has 5 heteroatoms. The van der Waals surface area contributed by atoms with Crippen LogP contribution >= 0.6 is 11.6 Å². The average Bonchev–Trinajstić information content (AvgIpc) is 2.84. The summed E-state index contributed by atoms with van der Waals surface area (Å²) >= 11 is 5.81. The van der Waals surface area contributed by atoms with E-state index in [9.17, 15) is 9.59 Å². The Morgan fingerprint density at radius 3 is 2.67 bits per heavy atom. The maximum absolute atomic E-state index is 12.6. The van der Waals surface area contributed by atoms with Crippen molar-refractivity contribution < 1.29 is 9.59 Å². The highest BCUT2D eigenvalue weighted by molar-refractivity contribution is 6.30. The molecule has 1 aliphatic rings. The molecule has 0 radical (unpaired) electrons. The first-order valence-electron chi connectivity index (χ1n) is 7.59. The molecule has 0 aliphatic heterocycles. The molecule has 0 bridgehead atoms. The van der Waals surface area contributed by atoms with Gasteiger partial charge in [0.2, 0.25) is 0 Å². The van der Waals surface area contributed by atoms with Crippen LogP contribution in [0.4, 0.5) is 0 Å². The Labute approximate surface area is 145 Å². The van der Waals surface area contributed by atoms with Crippen molar-refractivity contribution in [3.63, 3.8) is 0 Å². The lowest BCUT2D eigenvalue weighted by Crippen LogP contribution is -2.16. The fourth-order valence-electron chi connectivity index (χ4n) is 3.05. The number of carbonyl (C=O) groups is 2. The van der Waals surface area contributed by atoms with Gasteiger partial charge in [0.05, 0.1) is 5.02 Å². The standard InChI is InChI=1S/C19H15ClN2O2/c1-3-4-12-8-16(23)17(18(12)24)15-7-13(6-5-11(15)2)19-21-9-14(20)10-22-19/h1,5-7,9-10,12,17H,4,8H2,2H3. The molecule has 1 aliphatic carbocycles. The van der Waals surface area contributed by atoms with E-state index in [1.54, 1.807) is 0 Å². The molecule has 120 valence electrons. The normalized spacial score (nSPS) is 20.2. The van der Waals surface area contributed by atoms with Gasteiger partial charge in [-0.15, -0.1) is 12.3 Å². The lowest BCUT2D eigenvalue weighted by atomic mass is 9.89. The number of Topliss-reactive ketones (excluding diaryl/α,β-unsaturated/α-hetero) is 2. The van der Waals surface area contributed by atoms with Crippen molar-refractivity contribution in [3.05, 3.63) is 46.7 Å². The van der Waals surface area contributed by atoms with E-state index in [1.165, 1.54) is 12.4 Å². The van der Waals surface area contributed by atoms with E-state index in [-0.39, 0.29) is 23.9 Å². The molecule has 4 nitrogen and oxygen atoms in total. The largest absolute Gasteiger partial charge is 0.298 e. The molecule has 0 saturated heterocycles. The number of terminal acetylenes is 1. The maximum Gasteiger partial charge on any atom is 0.159 e. The minimum Gasteiger partial charge on any atom is -0.298 e. The van der Waals surface area contributed by atoms with Crippen LogP contribution in [0.5, 0.6) is 0 Å². The average molecular weight is 339 g/mol. The highest BCUT2D eigenvalue weighted by Gasteiger charge is 2.42. The van der Waals surface area contributed by atoms with Crippen molar-refractivity contribution in [3.8, 4) is 23.7 Å². The summed E-state index contributed by atoms with van der Waals surface area (Å²) in [5.41, 5.74) is 2.34. The molecule has 24 heavy (non-hydrogen) atoms. The summed E-state index contributed by atoms with van der Waals surface area (Å²) in [6, 6.07) is 5.56. The second-order valence-corrected chi connectivity index (χ2v) is 6.34. The Morgan fingerprint density at radius 2 is 2.00 bits per heavy atom. The summed E-state index contributed by atoms with van der Waals surface area (Å²) in [5.74, 6) is 1.71. The molecule has 1 aromatic carbocycles. The first-order chi connectivity index (χ1) is 11.5. The molecule has 2 unspecified atom stereocenters. The van der Waals surface area contributed by atoms with Crippen molar-refractivity contribution in [1.29, 1.82) is 0 Å². The lowest BCUT2D eigenvalue weighted by Gasteiger charge is -2.13. The van der Waals surface area contributed by atoms with Crippen LogP contribution in [0.25, 0.3) is 11.4 Å². The van der Waals surface area contributed by atoms with Crippen molar-refractivity contribution in [2.75, 3.05) is 0 Å². The van der Waals surface area contributed by atoms with E-state index >= 15 is 0 Å². The van der Waals surface area contributed by atoms with E-state index in [1.807, 2.05) is 25.1 Å². The van der Waals surface area contributed by atoms with Crippen LogP contribution in [0.3, 0.4) is 0 Å². The van der Waals surface area contributed by atoms with Gasteiger partial charge in [0.15, 0.2) is 11.6 Å². The predicted molar refractivity (Wildman–Crippen MR) is 91.5 cm³/mol. The van der Waals surface area contributed by atoms with Crippen LogP contribution in [0.1, 0.15) is 29.9 Å². The molecule has 2 aromatic rings. The van der Waals surface area contributed by atoms with Crippen LogP contribution in [0.2, 0.25) is 5.02 Å². The smallest absolute Gasteiger partial charge is 0.159 e. The number of ketones is 2.